The van der Waals surface area contributed by atoms with Gasteiger partial charge in [0.25, 0.3) is 5.91 Å². The molecule has 0 bridgehead atoms. The number of carbonyl (C=O) groups is 1. The average Bonchev–Trinajstić information content (AvgIpc) is 2.51. The second-order valence-corrected chi connectivity index (χ2v) is 3.31. The van der Waals surface area contributed by atoms with Gasteiger partial charge in [0, 0.05) is 7.11 Å². The highest BCUT2D eigenvalue weighted by Gasteiger charge is 2.55. The van der Waals surface area contributed by atoms with Crippen molar-refractivity contribution in [3.63, 3.8) is 0 Å². The minimum atomic E-state index is -0.680. The van der Waals surface area contributed by atoms with Crippen LogP contribution in [0.25, 0.3) is 0 Å². The highest BCUT2D eigenvalue weighted by atomic mass is 16.5. The van der Waals surface area contributed by atoms with E-state index in [2.05, 4.69) is 15.5 Å². The monoisotopic (exact) mass is 169 g/mol. The van der Waals surface area contributed by atoms with E-state index in [1.165, 1.54) is 0 Å². The standard InChI is InChI=1S/C7H11N3O2/c1-7-4(3-8-10-7)5(12-2)9-6(7)11/h4-5H,3H2,1-2H3,(H,9,11)/t4-,5-,7-/m0/s1. The maximum atomic E-state index is 11.4. The van der Waals surface area contributed by atoms with Crippen molar-refractivity contribution >= 4 is 5.91 Å². The summed E-state index contributed by atoms with van der Waals surface area (Å²) in [6, 6.07) is 0. The third kappa shape index (κ3) is 0.741. The van der Waals surface area contributed by atoms with Crippen LogP contribution in [0, 0.1) is 5.92 Å². The zero-order valence-electron chi connectivity index (χ0n) is 7.07. The van der Waals surface area contributed by atoms with E-state index in [4.69, 9.17) is 4.74 Å². The quantitative estimate of drug-likeness (QED) is 0.597. The predicted molar refractivity (Wildman–Crippen MR) is 40.6 cm³/mol. The maximum absolute atomic E-state index is 11.4. The number of methoxy groups -OCH3 is 1. The highest BCUT2D eigenvalue weighted by molar-refractivity contribution is 5.89. The van der Waals surface area contributed by atoms with E-state index < -0.39 is 5.54 Å². The smallest absolute Gasteiger partial charge is 0.252 e. The Balaban J connectivity index is 2.30. The van der Waals surface area contributed by atoms with Crippen LogP contribution in [0.1, 0.15) is 6.92 Å². The normalized spacial score (nSPS) is 44.7. The van der Waals surface area contributed by atoms with Gasteiger partial charge in [0.05, 0.1) is 12.5 Å². The molecule has 12 heavy (non-hydrogen) atoms. The molecule has 0 aromatic rings. The fourth-order valence-corrected chi connectivity index (χ4v) is 1.73. The van der Waals surface area contributed by atoms with Crippen LogP contribution < -0.4 is 5.32 Å². The first-order chi connectivity index (χ1) is 5.68. The molecule has 2 aliphatic rings. The van der Waals surface area contributed by atoms with Gasteiger partial charge >= 0.3 is 0 Å². The Hall–Kier alpha value is -0.970. The van der Waals surface area contributed by atoms with Gasteiger partial charge in [-0.1, -0.05) is 0 Å². The molecule has 3 atom stereocenters. The fourth-order valence-electron chi connectivity index (χ4n) is 1.73. The molecule has 1 fully saturated rings. The third-order valence-electron chi connectivity index (χ3n) is 2.63. The Kier molecular flexibility index (Phi) is 1.44. The van der Waals surface area contributed by atoms with E-state index in [9.17, 15) is 4.79 Å². The van der Waals surface area contributed by atoms with Crippen molar-refractivity contribution in [1.82, 2.24) is 5.32 Å². The van der Waals surface area contributed by atoms with Gasteiger partial charge in [0.1, 0.15) is 6.23 Å². The molecule has 5 nitrogen and oxygen atoms in total. The second-order valence-electron chi connectivity index (χ2n) is 3.31. The lowest BCUT2D eigenvalue weighted by atomic mass is 9.90. The van der Waals surface area contributed by atoms with Gasteiger partial charge < -0.3 is 10.1 Å². The van der Waals surface area contributed by atoms with Crippen LogP contribution in [0.15, 0.2) is 10.2 Å². The summed E-state index contributed by atoms with van der Waals surface area (Å²) in [5, 5.41) is 10.5. The Morgan fingerprint density at radius 3 is 3.17 bits per heavy atom. The molecule has 2 aliphatic heterocycles. The molecule has 0 saturated carbocycles. The minimum Gasteiger partial charge on any atom is -0.361 e. The number of carbonyl (C=O) groups excluding carboxylic acids is 1. The van der Waals surface area contributed by atoms with E-state index in [-0.39, 0.29) is 18.1 Å². The highest BCUT2D eigenvalue weighted by Crippen LogP contribution is 2.36. The van der Waals surface area contributed by atoms with E-state index >= 15 is 0 Å². The molecule has 0 radical (unpaired) electrons. The number of azo groups is 1. The minimum absolute atomic E-state index is 0.0648. The number of ether oxygens (including phenoxy) is 1. The zero-order valence-corrected chi connectivity index (χ0v) is 7.07. The summed E-state index contributed by atoms with van der Waals surface area (Å²) in [4.78, 5) is 11.4. The Labute approximate surface area is 70.2 Å². The predicted octanol–water partition coefficient (Wildman–Crippen LogP) is -0.0706. The van der Waals surface area contributed by atoms with E-state index in [0.29, 0.717) is 6.54 Å². The van der Waals surface area contributed by atoms with Crippen molar-refractivity contribution in [2.24, 2.45) is 16.1 Å². The molecule has 1 N–H and O–H groups in total. The number of nitrogens with zero attached hydrogens (tertiary/aromatic N) is 2. The molecular formula is C7H11N3O2. The van der Waals surface area contributed by atoms with Crippen LogP contribution in [0.4, 0.5) is 0 Å². The van der Waals surface area contributed by atoms with Crippen LogP contribution in [-0.2, 0) is 9.53 Å². The van der Waals surface area contributed by atoms with Gasteiger partial charge in [-0.25, -0.2) is 0 Å². The summed E-state index contributed by atoms with van der Waals surface area (Å²) in [7, 11) is 1.58. The summed E-state index contributed by atoms with van der Waals surface area (Å²) in [6.45, 7) is 2.37. The van der Waals surface area contributed by atoms with Crippen LogP contribution in [0.2, 0.25) is 0 Å². The molecular weight excluding hydrogens is 158 g/mol. The molecule has 1 saturated heterocycles. The molecule has 0 aromatic carbocycles. The molecule has 1 amide bonds. The van der Waals surface area contributed by atoms with Crippen LogP contribution in [-0.4, -0.2) is 31.3 Å². The van der Waals surface area contributed by atoms with Crippen LogP contribution >= 0.6 is 0 Å². The van der Waals surface area contributed by atoms with Gasteiger partial charge in [0.15, 0.2) is 5.54 Å². The second kappa shape index (κ2) is 2.26. The van der Waals surface area contributed by atoms with Crippen molar-refractivity contribution in [2.75, 3.05) is 13.7 Å². The topological polar surface area (TPSA) is 63.0 Å². The SMILES string of the molecule is CO[C@@H]1NC(=O)[C@@]2(C)N=NC[C@@H]12. The number of fused-ring (bicyclic) bond motifs is 1. The zero-order chi connectivity index (χ0) is 8.77. The molecule has 0 unspecified atom stereocenters. The van der Waals surface area contributed by atoms with E-state index in [1.807, 2.05) is 0 Å². The Bertz CT molecular complexity index is 253. The number of hydrogen-bond acceptors (Lipinski definition) is 4. The summed E-state index contributed by atoms with van der Waals surface area (Å²) >= 11 is 0. The fraction of sp³-hybridized carbons (Fsp3) is 0.857. The lowest BCUT2D eigenvalue weighted by Gasteiger charge is -2.17. The molecule has 2 heterocycles. The van der Waals surface area contributed by atoms with Crippen molar-refractivity contribution < 1.29 is 9.53 Å². The third-order valence-corrected chi connectivity index (χ3v) is 2.63. The largest absolute Gasteiger partial charge is 0.361 e. The van der Waals surface area contributed by atoms with Gasteiger partial charge in [0.2, 0.25) is 0 Å². The van der Waals surface area contributed by atoms with Crippen molar-refractivity contribution in [1.29, 1.82) is 0 Å². The van der Waals surface area contributed by atoms with Crippen molar-refractivity contribution in [2.45, 2.75) is 18.7 Å². The summed E-state index contributed by atoms with van der Waals surface area (Å²) < 4.78 is 5.11. The number of nitrogens with one attached hydrogen (secondary N) is 1. The number of hydrogen-bond donors (Lipinski definition) is 1. The molecule has 2 rings (SSSR count). The Morgan fingerprint density at radius 1 is 1.75 bits per heavy atom. The Morgan fingerprint density at radius 2 is 2.50 bits per heavy atom. The van der Waals surface area contributed by atoms with Crippen molar-refractivity contribution in [3.8, 4) is 0 Å². The summed E-state index contributed by atoms with van der Waals surface area (Å²) in [5.41, 5.74) is -0.680. The first kappa shape index (κ1) is 7.67. The number of amides is 1. The average molecular weight is 169 g/mol. The van der Waals surface area contributed by atoms with Gasteiger partial charge in [-0.05, 0) is 6.92 Å². The maximum Gasteiger partial charge on any atom is 0.252 e. The summed E-state index contributed by atoms with van der Waals surface area (Å²) in [5.74, 6) is -0.0180. The molecule has 0 aromatic heterocycles. The first-order valence-corrected chi connectivity index (χ1v) is 3.91. The summed E-state index contributed by atoms with van der Waals surface area (Å²) in [6.07, 6.45) is -0.225. The van der Waals surface area contributed by atoms with E-state index in [1.54, 1.807) is 14.0 Å². The lowest BCUT2D eigenvalue weighted by Crippen LogP contribution is -2.35. The molecule has 66 valence electrons. The lowest BCUT2D eigenvalue weighted by molar-refractivity contribution is -0.124. The number of rotatable bonds is 1. The molecule has 0 spiro atoms. The van der Waals surface area contributed by atoms with Crippen LogP contribution in [0.3, 0.4) is 0 Å². The van der Waals surface area contributed by atoms with Gasteiger partial charge in [-0.2, -0.15) is 10.2 Å². The van der Waals surface area contributed by atoms with Crippen molar-refractivity contribution in [3.05, 3.63) is 0 Å². The molecule has 5 heteroatoms. The molecule has 0 aliphatic carbocycles. The van der Waals surface area contributed by atoms with Gasteiger partial charge in [-0.3, -0.25) is 4.79 Å². The van der Waals surface area contributed by atoms with Gasteiger partial charge in [-0.15, -0.1) is 0 Å². The van der Waals surface area contributed by atoms with Crippen LogP contribution in [0.5, 0.6) is 0 Å². The van der Waals surface area contributed by atoms with E-state index in [0.717, 1.165) is 0 Å². The first-order valence-electron chi connectivity index (χ1n) is 3.91.